The van der Waals surface area contributed by atoms with Crippen LogP contribution in [0.2, 0.25) is 5.15 Å². The van der Waals surface area contributed by atoms with Crippen LogP contribution in [0.15, 0.2) is 29.0 Å². The molecule has 0 aliphatic carbocycles. The van der Waals surface area contributed by atoms with Gasteiger partial charge in [0.2, 0.25) is 0 Å². The Morgan fingerprint density at radius 1 is 1.13 bits per heavy atom. The average Bonchev–Trinajstić information content (AvgIpc) is 2.23. The fraction of sp³-hybridized carbons (Fsp3) is 0. The molecule has 76 valence electrons. The van der Waals surface area contributed by atoms with Gasteiger partial charge in [-0.3, -0.25) is 4.98 Å². The lowest BCUT2D eigenvalue weighted by atomic mass is 10.3. The molecule has 0 bridgehead atoms. The summed E-state index contributed by atoms with van der Waals surface area (Å²) in [5.74, 6) is 0. The van der Waals surface area contributed by atoms with Crippen molar-refractivity contribution in [3.63, 3.8) is 0 Å². The summed E-state index contributed by atoms with van der Waals surface area (Å²) in [6.07, 6.45) is 3.27. The molecular formula is C9H4BrClIN3. The first kappa shape index (κ1) is 11.2. The van der Waals surface area contributed by atoms with Crippen molar-refractivity contribution in [3.8, 4) is 11.4 Å². The molecule has 2 heterocycles. The monoisotopic (exact) mass is 395 g/mol. The van der Waals surface area contributed by atoms with Crippen LogP contribution in [0.5, 0.6) is 0 Å². The van der Waals surface area contributed by atoms with E-state index in [0.29, 0.717) is 10.8 Å². The van der Waals surface area contributed by atoms with Gasteiger partial charge in [0.1, 0.15) is 20.2 Å². The fourth-order valence-electron chi connectivity index (χ4n) is 1.06. The topological polar surface area (TPSA) is 38.7 Å². The van der Waals surface area contributed by atoms with E-state index in [9.17, 15) is 0 Å². The summed E-state index contributed by atoms with van der Waals surface area (Å²) in [4.78, 5) is 12.6. The molecule has 0 unspecified atom stereocenters. The highest BCUT2D eigenvalue weighted by atomic mass is 127. The van der Waals surface area contributed by atoms with Crippen LogP contribution in [0.25, 0.3) is 11.4 Å². The van der Waals surface area contributed by atoms with E-state index in [1.807, 2.05) is 6.07 Å². The Morgan fingerprint density at radius 3 is 2.60 bits per heavy atom. The first-order chi connectivity index (χ1) is 7.18. The van der Waals surface area contributed by atoms with Crippen LogP contribution < -0.4 is 0 Å². The lowest BCUT2D eigenvalue weighted by molar-refractivity contribution is 1.14. The third-order valence-electron chi connectivity index (χ3n) is 1.69. The van der Waals surface area contributed by atoms with Gasteiger partial charge in [0, 0.05) is 16.9 Å². The van der Waals surface area contributed by atoms with Gasteiger partial charge in [-0.25, -0.2) is 9.97 Å². The quantitative estimate of drug-likeness (QED) is 0.547. The Morgan fingerprint density at radius 2 is 1.87 bits per heavy atom. The number of pyridine rings is 1. The summed E-state index contributed by atoms with van der Waals surface area (Å²) in [6, 6.07) is 3.56. The second kappa shape index (κ2) is 4.71. The maximum absolute atomic E-state index is 5.84. The molecule has 2 rings (SSSR count). The van der Waals surface area contributed by atoms with Crippen molar-refractivity contribution in [2.24, 2.45) is 0 Å². The van der Waals surface area contributed by atoms with Crippen LogP contribution in [0.1, 0.15) is 0 Å². The highest BCUT2D eigenvalue weighted by Crippen LogP contribution is 2.28. The lowest BCUT2D eigenvalue weighted by Gasteiger charge is -2.04. The van der Waals surface area contributed by atoms with Crippen LogP contribution in [-0.4, -0.2) is 15.0 Å². The van der Waals surface area contributed by atoms with Crippen molar-refractivity contribution >= 4 is 50.1 Å². The van der Waals surface area contributed by atoms with E-state index >= 15 is 0 Å². The third kappa shape index (κ3) is 2.46. The number of hydrogen-bond donors (Lipinski definition) is 0. The Labute approximate surface area is 114 Å². The van der Waals surface area contributed by atoms with Crippen LogP contribution in [0.4, 0.5) is 0 Å². The third-order valence-corrected chi connectivity index (χ3v) is 3.33. The Kier molecular flexibility index (Phi) is 3.53. The number of nitrogens with zero attached hydrogens (tertiary/aromatic N) is 3. The summed E-state index contributed by atoms with van der Waals surface area (Å²) in [6.45, 7) is 0. The van der Waals surface area contributed by atoms with Crippen molar-refractivity contribution in [1.82, 2.24) is 15.0 Å². The zero-order chi connectivity index (χ0) is 10.8. The molecule has 0 N–H and O–H groups in total. The van der Waals surface area contributed by atoms with Crippen LogP contribution in [-0.2, 0) is 0 Å². The number of aromatic nitrogens is 3. The molecule has 0 amide bonds. The molecular weight excluding hydrogens is 392 g/mol. The van der Waals surface area contributed by atoms with Gasteiger partial charge >= 0.3 is 0 Å². The summed E-state index contributed by atoms with van der Waals surface area (Å²) >= 11 is 11.4. The SMILES string of the molecule is Clc1ccc(Br)c(-c2nccnc2I)n1. The summed E-state index contributed by atoms with van der Waals surface area (Å²) in [7, 11) is 0. The molecule has 0 aliphatic heterocycles. The average molecular weight is 396 g/mol. The van der Waals surface area contributed by atoms with E-state index in [4.69, 9.17) is 11.6 Å². The molecule has 0 radical (unpaired) electrons. The molecule has 2 aromatic rings. The molecule has 0 saturated carbocycles. The number of hydrogen-bond acceptors (Lipinski definition) is 3. The Bertz CT molecular complexity index is 506. The zero-order valence-electron chi connectivity index (χ0n) is 7.28. The second-order valence-electron chi connectivity index (χ2n) is 2.66. The van der Waals surface area contributed by atoms with Crippen molar-refractivity contribution in [2.75, 3.05) is 0 Å². The van der Waals surface area contributed by atoms with Gasteiger partial charge in [-0.15, -0.1) is 0 Å². The summed E-state index contributed by atoms with van der Waals surface area (Å²) in [5.41, 5.74) is 1.44. The minimum Gasteiger partial charge on any atom is -0.250 e. The van der Waals surface area contributed by atoms with Gasteiger partial charge in [0.05, 0.1) is 0 Å². The summed E-state index contributed by atoms with van der Waals surface area (Å²) < 4.78 is 1.65. The Hall–Kier alpha value is -0.270. The molecule has 0 aliphatic rings. The van der Waals surface area contributed by atoms with E-state index in [-0.39, 0.29) is 0 Å². The first-order valence-electron chi connectivity index (χ1n) is 3.97. The van der Waals surface area contributed by atoms with Gasteiger partial charge < -0.3 is 0 Å². The minimum atomic E-state index is 0.439. The van der Waals surface area contributed by atoms with E-state index in [1.54, 1.807) is 18.5 Å². The van der Waals surface area contributed by atoms with Crippen molar-refractivity contribution in [1.29, 1.82) is 0 Å². The van der Waals surface area contributed by atoms with Gasteiger partial charge in [-0.05, 0) is 50.7 Å². The molecule has 0 saturated heterocycles. The fourth-order valence-corrected chi connectivity index (χ4v) is 2.18. The minimum absolute atomic E-state index is 0.439. The second-order valence-corrected chi connectivity index (χ2v) is 4.92. The van der Waals surface area contributed by atoms with E-state index in [1.165, 1.54) is 0 Å². The Balaban J connectivity index is 2.64. The zero-order valence-corrected chi connectivity index (χ0v) is 11.8. The smallest absolute Gasteiger partial charge is 0.129 e. The van der Waals surface area contributed by atoms with Crippen molar-refractivity contribution < 1.29 is 0 Å². The predicted octanol–water partition coefficient (Wildman–Crippen LogP) is 3.56. The predicted molar refractivity (Wildman–Crippen MR) is 70.7 cm³/mol. The van der Waals surface area contributed by atoms with Gasteiger partial charge in [0.15, 0.2) is 0 Å². The van der Waals surface area contributed by atoms with Crippen LogP contribution in [0, 0.1) is 3.70 Å². The van der Waals surface area contributed by atoms with E-state index in [0.717, 1.165) is 13.9 Å². The molecule has 2 aromatic heterocycles. The molecule has 0 spiro atoms. The molecule has 6 heteroatoms. The van der Waals surface area contributed by atoms with Crippen molar-refractivity contribution in [3.05, 3.63) is 37.9 Å². The van der Waals surface area contributed by atoms with Gasteiger partial charge in [-0.1, -0.05) is 11.6 Å². The molecule has 15 heavy (non-hydrogen) atoms. The molecule has 3 nitrogen and oxygen atoms in total. The van der Waals surface area contributed by atoms with E-state index < -0.39 is 0 Å². The largest absolute Gasteiger partial charge is 0.250 e. The molecule has 0 fully saturated rings. The lowest BCUT2D eigenvalue weighted by Crippen LogP contribution is -1.94. The van der Waals surface area contributed by atoms with Crippen LogP contribution >= 0.6 is 50.1 Å². The highest BCUT2D eigenvalue weighted by molar-refractivity contribution is 14.1. The highest BCUT2D eigenvalue weighted by Gasteiger charge is 2.11. The van der Waals surface area contributed by atoms with Gasteiger partial charge in [0.25, 0.3) is 0 Å². The maximum Gasteiger partial charge on any atom is 0.129 e. The number of halogens is 3. The molecule has 0 atom stereocenters. The number of rotatable bonds is 1. The maximum atomic E-state index is 5.84. The summed E-state index contributed by atoms with van der Waals surface area (Å²) in [5, 5.41) is 0.439. The van der Waals surface area contributed by atoms with Crippen LogP contribution in [0.3, 0.4) is 0 Å². The van der Waals surface area contributed by atoms with Crippen molar-refractivity contribution in [2.45, 2.75) is 0 Å². The standard InChI is InChI=1S/C9H4BrClIN3/c10-5-1-2-6(11)15-7(5)8-9(12)14-4-3-13-8/h1-4H. The normalized spacial score (nSPS) is 10.3. The van der Waals surface area contributed by atoms with E-state index in [2.05, 4.69) is 53.5 Å². The van der Waals surface area contributed by atoms with Gasteiger partial charge in [-0.2, -0.15) is 0 Å². The first-order valence-corrected chi connectivity index (χ1v) is 6.22. The molecule has 0 aromatic carbocycles.